The van der Waals surface area contributed by atoms with Gasteiger partial charge < -0.3 is 15.0 Å². The highest BCUT2D eigenvalue weighted by molar-refractivity contribution is 6.32. The molecule has 2 amide bonds. The molecule has 0 unspecified atom stereocenters. The van der Waals surface area contributed by atoms with Gasteiger partial charge in [-0.3, -0.25) is 19.9 Å². The van der Waals surface area contributed by atoms with E-state index >= 15 is 0 Å². The van der Waals surface area contributed by atoms with E-state index in [2.05, 4.69) is 25.6 Å². The highest BCUT2D eigenvalue weighted by Gasteiger charge is 2.36. The Morgan fingerprint density at radius 3 is 2.56 bits per heavy atom. The van der Waals surface area contributed by atoms with Crippen LogP contribution in [0.15, 0.2) is 54.7 Å². The number of alkyl halides is 3. The SMILES string of the molecule is CNC(=O)c1cc(Oc2cccc(C(=O)Nc3nc4c(C(F)(F)F)c(Cl)ccc4[nH]3)c2)ccn1. The third-order valence-electron chi connectivity index (χ3n) is 4.64. The van der Waals surface area contributed by atoms with E-state index in [-0.39, 0.29) is 34.4 Å². The fourth-order valence-electron chi connectivity index (χ4n) is 3.12. The number of carbonyl (C=O) groups excluding carboxylic acids is 2. The third kappa shape index (κ3) is 4.79. The van der Waals surface area contributed by atoms with Crippen LogP contribution in [0.1, 0.15) is 26.4 Å². The van der Waals surface area contributed by atoms with Crippen LogP contribution < -0.4 is 15.4 Å². The topological polar surface area (TPSA) is 109 Å². The number of nitrogens with zero attached hydrogens (tertiary/aromatic N) is 2. The molecule has 2 aromatic heterocycles. The minimum absolute atomic E-state index is 0.0636. The minimum Gasteiger partial charge on any atom is -0.457 e. The number of amides is 2. The number of pyridine rings is 1. The van der Waals surface area contributed by atoms with Crippen LogP contribution in [-0.4, -0.2) is 33.8 Å². The van der Waals surface area contributed by atoms with E-state index in [0.29, 0.717) is 5.75 Å². The van der Waals surface area contributed by atoms with Crippen LogP contribution in [0.25, 0.3) is 11.0 Å². The van der Waals surface area contributed by atoms with Crippen molar-refractivity contribution in [1.82, 2.24) is 20.3 Å². The lowest BCUT2D eigenvalue weighted by molar-refractivity contribution is -0.136. The van der Waals surface area contributed by atoms with Crippen molar-refractivity contribution in [2.45, 2.75) is 6.18 Å². The Labute approximate surface area is 195 Å². The number of aromatic nitrogens is 3. The van der Waals surface area contributed by atoms with Crippen molar-refractivity contribution < 1.29 is 27.5 Å². The molecule has 2 heterocycles. The number of rotatable bonds is 5. The molecule has 174 valence electrons. The quantitative estimate of drug-likeness (QED) is 0.364. The highest BCUT2D eigenvalue weighted by Crippen LogP contribution is 2.39. The Hall–Kier alpha value is -4.12. The van der Waals surface area contributed by atoms with Crippen molar-refractivity contribution >= 4 is 40.4 Å². The van der Waals surface area contributed by atoms with Gasteiger partial charge in [0, 0.05) is 24.9 Å². The van der Waals surface area contributed by atoms with Crippen molar-refractivity contribution in [2.24, 2.45) is 0 Å². The van der Waals surface area contributed by atoms with Crippen LogP contribution in [0.4, 0.5) is 19.1 Å². The first-order chi connectivity index (χ1) is 16.2. The van der Waals surface area contributed by atoms with Gasteiger partial charge in [-0.25, -0.2) is 4.98 Å². The first-order valence-corrected chi connectivity index (χ1v) is 10.1. The maximum atomic E-state index is 13.4. The van der Waals surface area contributed by atoms with Gasteiger partial charge in [-0.15, -0.1) is 0 Å². The number of halogens is 4. The number of imidazole rings is 1. The van der Waals surface area contributed by atoms with Crippen LogP contribution in [0.3, 0.4) is 0 Å². The summed E-state index contributed by atoms with van der Waals surface area (Å²) in [5.41, 5.74) is -1.12. The van der Waals surface area contributed by atoms with E-state index in [1.165, 1.54) is 43.6 Å². The molecule has 0 aliphatic carbocycles. The van der Waals surface area contributed by atoms with E-state index in [4.69, 9.17) is 16.3 Å². The molecule has 0 saturated carbocycles. The number of nitrogens with one attached hydrogen (secondary N) is 3. The average Bonchev–Trinajstić information content (AvgIpc) is 3.19. The minimum atomic E-state index is -4.72. The van der Waals surface area contributed by atoms with E-state index in [9.17, 15) is 22.8 Å². The van der Waals surface area contributed by atoms with Crippen molar-refractivity contribution in [3.05, 3.63) is 76.6 Å². The Balaban J connectivity index is 1.55. The van der Waals surface area contributed by atoms with Gasteiger partial charge in [0.25, 0.3) is 11.8 Å². The maximum absolute atomic E-state index is 13.4. The van der Waals surface area contributed by atoms with Gasteiger partial charge in [-0.2, -0.15) is 13.2 Å². The first kappa shape index (κ1) is 23.1. The van der Waals surface area contributed by atoms with Gasteiger partial charge in [-0.1, -0.05) is 17.7 Å². The van der Waals surface area contributed by atoms with Crippen LogP contribution in [-0.2, 0) is 6.18 Å². The lowest BCUT2D eigenvalue weighted by Crippen LogP contribution is -2.18. The summed E-state index contributed by atoms with van der Waals surface area (Å²) in [4.78, 5) is 34.9. The summed E-state index contributed by atoms with van der Waals surface area (Å²) < 4.78 is 45.8. The third-order valence-corrected chi connectivity index (χ3v) is 4.96. The van der Waals surface area contributed by atoms with Gasteiger partial charge in [-0.05, 0) is 36.4 Å². The zero-order chi connectivity index (χ0) is 24.5. The zero-order valence-corrected chi connectivity index (χ0v) is 18.1. The van der Waals surface area contributed by atoms with Gasteiger partial charge >= 0.3 is 6.18 Å². The molecule has 2 aromatic carbocycles. The smallest absolute Gasteiger partial charge is 0.420 e. The van der Waals surface area contributed by atoms with Crippen molar-refractivity contribution in [3.8, 4) is 11.5 Å². The second-order valence-corrected chi connectivity index (χ2v) is 7.35. The average molecular weight is 490 g/mol. The standard InChI is InChI=1S/C22H15ClF3N5O3/c1-27-20(33)16-10-13(7-8-28-16)34-12-4-2-3-11(9-12)19(32)31-21-29-15-6-5-14(23)17(18(15)30-21)22(24,25)26/h2-10H,1H3,(H,27,33)(H2,29,30,31,32). The number of carbonyl (C=O) groups is 2. The Morgan fingerprint density at radius 1 is 1.06 bits per heavy atom. The number of ether oxygens (including phenoxy) is 1. The number of anilines is 1. The number of H-pyrrole nitrogens is 1. The van der Waals surface area contributed by atoms with E-state index in [0.717, 1.165) is 6.07 Å². The van der Waals surface area contributed by atoms with Crippen molar-refractivity contribution in [3.63, 3.8) is 0 Å². The van der Waals surface area contributed by atoms with Crippen molar-refractivity contribution in [1.29, 1.82) is 0 Å². The number of hydrogen-bond donors (Lipinski definition) is 3. The van der Waals surface area contributed by atoms with Crippen LogP contribution in [0.2, 0.25) is 5.02 Å². The second-order valence-electron chi connectivity index (χ2n) is 6.94. The van der Waals surface area contributed by atoms with Crippen molar-refractivity contribution in [2.75, 3.05) is 12.4 Å². The van der Waals surface area contributed by atoms with Crippen LogP contribution in [0, 0.1) is 0 Å². The van der Waals surface area contributed by atoms with Crippen LogP contribution >= 0.6 is 11.6 Å². The summed E-state index contributed by atoms with van der Waals surface area (Å²) in [5.74, 6) is -0.592. The fourth-order valence-corrected chi connectivity index (χ4v) is 3.38. The molecule has 4 rings (SSSR count). The second kappa shape index (κ2) is 9.02. The molecule has 0 fully saturated rings. The predicted molar refractivity (Wildman–Crippen MR) is 118 cm³/mol. The van der Waals surface area contributed by atoms with Gasteiger partial charge in [0.15, 0.2) is 0 Å². The molecule has 4 aromatic rings. The Kier molecular flexibility index (Phi) is 6.12. The number of fused-ring (bicyclic) bond motifs is 1. The molecule has 34 heavy (non-hydrogen) atoms. The normalized spacial score (nSPS) is 11.3. The van der Waals surface area contributed by atoms with E-state index in [1.54, 1.807) is 12.1 Å². The molecule has 0 spiro atoms. The van der Waals surface area contributed by atoms with Gasteiger partial charge in [0.05, 0.1) is 10.5 Å². The molecule has 0 atom stereocenters. The molecule has 0 radical (unpaired) electrons. The van der Waals surface area contributed by atoms with E-state index < -0.39 is 28.2 Å². The summed E-state index contributed by atoms with van der Waals surface area (Å²) in [6.07, 6.45) is -3.32. The summed E-state index contributed by atoms with van der Waals surface area (Å²) in [6, 6.07) is 11.5. The molecule has 0 aliphatic heterocycles. The van der Waals surface area contributed by atoms with Gasteiger partial charge in [0.1, 0.15) is 28.3 Å². The largest absolute Gasteiger partial charge is 0.457 e. The Bertz CT molecular complexity index is 1400. The fraction of sp³-hybridized carbons (Fsp3) is 0.0909. The predicted octanol–water partition coefficient (Wildman–Crippen LogP) is 5.03. The molecule has 0 saturated heterocycles. The van der Waals surface area contributed by atoms with Crippen LogP contribution in [0.5, 0.6) is 11.5 Å². The number of benzene rings is 2. The molecule has 0 bridgehead atoms. The lowest BCUT2D eigenvalue weighted by Gasteiger charge is -2.09. The van der Waals surface area contributed by atoms with Gasteiger partial charge in [0.2, 0.25) is 5.95 Å². The zero-order valence-electron chi connectivity index (χ0n) is 17.3. The highest BCUT2D eigenvalue weighted by atomic mass is 35.5. The Morgan fingerprint density at radius 2 is 1.82 bits per heavy atom. The molecule has 0 aliphatic rings. The summed E-state index contributed by atoms with van der Waals surface area (Å²) >= 11 is 5.72. The summed E-state index contributed by atoms with van der Waals surface area (Å²) in [5, 5.41) is 4.39. The summed E-state index contributed by atoms with van der Waals surface area (Å²) in [6.45, 7) is 0. The number of aromatic amines is 1. The monoisotopic (exact) mass is 489 g/mol. The molecular formula is C22H15ClF3N5O3. The van der Waals surface area contributed by atoms with E-state index in [1.807, 2.05) is 0 Å². The first-order valence-electron chi connectivity index (χ1n) is 9.68. The molecular weight excluding hydrogens is 475 g/mol. The number of hydrogen-bond acceptors (Lipinski definition) is 5. The molecule has 12 heteroatoms. The summed E-state index contributed by atoms with van der Waals surface area (Å²) in [7, 11) is 1.47. The lowest BCUT2D eigenvalue weighted by atomic mass is 10.2. The molecule has 8 nitrogen and oxygen atoms in total. The maximum Gasteiger partial charge on any atom is 0.420 e. The molecule has 3 N–H and O–H groups in total.